The van der Waals surface area contributed by atoms with E-state index in [9.17, 15) is 14.5 Å². The van der Waals surface area contributed by atoms with Crippen molar-refractivity contribution >= 4 is 17.1 Å². The molecule has 2 rings (SSSR count). The Kier molecular flexibility index (Phi) is 3.62. The van der Waals surface area contributed by atoms with Crippen LogP contribution in [0.25, 0.3) is 0 Å². The normalized spacial score (nSPS) is 9.85. The molecule has 0 saturated carbocycles. The molecule has 0 fully saturated rings. The summed E-state index contributed by atoms with van der Waals surface area (Å²) >= 11 is 0. The van der Waals surface area contributed by atoms with E-state index < -0.39 is 4.92 Å². The van der Waals surface area contributed by atoms with Crippen LogP contribution in [0.5, 0.6) is 0 Å². The molecule has 6 heteroatoms. The largest absolute Gasteiger partial charge is 0.355 e. The molecule has 0 heterocycles. The summed E-state index contributed by atoms with van der Waals surface area (Å²) in [5.74, 6) is -0.308. The summed E-state index contributed by atoms with van der Waals surface area (Å²) in [6, 6.07) is 10.4. The van der Waals surface area contributed by atoms with E-state index in [0.29, 0.717) is 16.9 Å². The van der Waals surface area contributed by atoms with E-state index >= 15 is 0 Å². The molecule has 0 aliphatic heterocycles. The highest BCUT2D eigenvalue weighted by Crippen LogP contribution is 2.25. The highest BCUT2D eigenvalue weighted by molar-refractivity contribution is 5.65. The van der Waals surface area contributed by atoms with Gasteiger partial charge in [0.2, 0.25) is 0 Å². The van der Waals surface area contributed by atoms with Crippen LogP contribution in [-0.4, -0.2) is 4.92 Å². The van der Waals surface area contributed by atoms with Crippen molar-refractivity contribution in [2.45, 2.75) is 6.92 Å². The zero-order valence-electron chi connectivity index (χ0n) is 10.6. The second-order valence-corrected chi connectivity index (χ2v) is 4.19. The molecule has 0 aliphatic carbocycles. The SMILES string of the molecule is Cc1cc(Nc2ccc([N+](=O)[O-])c(C#N)c2)ccc1F. The van der Waals surface area contributed by atoms with E-state index in [1.165, 1.54) is 24.3 Å². The Morgan fingerprint density at radius 2 is 1.90 bits per heavy atom. The van der Waals surface area contributed by atoms with Crippen molar-refractivity contribution in [2.75, 3.05) is 5.32 Å². The van der Waals surface area contributed by atoms with Gasteiger partial charge in [0, 0.05) is 17.4 Å². The summed E-state index contributed by atoms with van der Waals surface area (Å²) in [6.45, 7) is 1.64. The molecular weight excluding hydrogens is 261 g/mol. The number of anilines is 2. The third-order valence-electron chi connectivity index (χ3n) is 2.76. The van der Waals surface area contributed by atoms with Crippen molar-refractivity contribution in [3.05, 3.63) is 63.5 Å². The van der Waals surface area contributed by atoms with E-state index in [-0.39, 0.29) is 17.1 Å². The predicted octanol–water partition coefficient (Wildman–Crippen LogP) is 3.66. The molecule has 100 valence electrons. The van der Waals surface area contributed by atoms with Crippen LogP contribution in [0.3, 0.4) is 0 Å². The van der Waals surface area contributed by atoms with Crippen molar-refractivity contribution in [3.63, 3.8) is 0 Å². The number of halogens is 1. The van der Waals surface area contributed by atoms with Crippen LogP contribution in [-0.2, 0) is 0 Å². The van der Waals surface area contributed by atoms with Gasteiger partial charge in [-0.1, -0.05) is 0 Å². The average molecular weight is 271 g/mol. The van der Waals surface area contributed by atoms with Crippen molar-refractivity contribution in [1.29, 1.82) is 5.26 Å². The van der Waals surface area contributed by atoms with E-state index in [0.717, 1.165) is 0 Å². The number of benzene rings is 2. The standard InChI is InChI=1S/C14H10FN3O2/c1-9-6-11(2-4-13(9)15)17-12-3-5-14(18(19)20)10(7-12)8-16/h2-7,17H,1H3. The number of nitriles is 1. The van der Waals surface area contributed by atoms with Gasteiger partial charge in [-0.15, -0.1) is 0 Å². The fraction of sp³-hybridized carbons (Fsp3) is 0.0714. The van der Waals surface area contributed by atoms with Crippen molar-refractivity contribution in [3.8, 4) is 6.07 Å². The Balaban J connectivity index is 2.32. The summed E-state index contributed by atoms with van der Waals surface area (Å²) in [7, 11) is 0. The average Bonchev–Trinajstić information content (AvgIpc) is 2.42. The zero-order valence-corrected chi connectivity index (χ0v) is 10.6. The maximum Gasteiger partial charge on any atom is 0.287 e. The van der Waals surface area contributed by atoms with Crippen LogP contribution >= 0.6 is 0 Å². The van der Waals surface area contributed by atoms with Gasteiger partial charge >= 0.3 is 0 Å². The topological polar surface area (TPSA) is 79.0 Å². The molecule has 0 aliphatic rings. The summed E-state index contributed by atoms with van der Waals surface area (Å²) < 4.78 is 13.2. The first-order valence-electron chi connectivity index (χ1n) is 5.73. The summed E-state index contributed by atoms with van der Waals surface area (Å²) in [5.41, 5.74) is 1.38. The van der Waals surface area contributed by atoms with Gasteiger partial charge in [0.15, 0.2) is 0 Å². The van der Waals surface area contributed by atoms with E-state index in [4.69, 9.17) is 5.26 Å². The molecule has 0 amide bonds. The second kappa shape index (κ2) is 5.36. The lowest BCUT2D eigenvalue weighted by molar-refractivity contribution is -0.385. The smallest absolute Gasteiger partial charge is 0.287 e. The first-order valence-corrected chi connectivity index (χ1v) is 5.73. The number of aryl methyl sites for hydroxylation is 1. The van der Waals surface area contributed by atoms with Gasteiger partial charge < -0.3 is 5.32 Å². The Labute approximate surface area is 114 Å². The van der Waals surface area contributed by atoms with Gasteiger partial charge in [-0.05, 0) is 42.8 Å². The summed E-state index contributed by atoms with van der Waals surface area (Å²) in [4.78, 5) is 10.1. The van der Waals surface area contributed by atoms with Gasteiger partial charge in [-0.2, -0.15) is 5.26 Å². The number of nitro groups is 1. The molecule has 2 aromatic rings. The van der Waals surface area contributed by atoms with Crippen LogP contribution in [0.15, 0.2) is 36.4 Å². The highest BCUT2D eigenvalue weighted by Gasteiger charge is 2.13. The van der Waals surface area contributed by atoms with Crippen molar-refractivity contribution in [1.82, 2.24) is 0 Å². The van der Waals surface area contributed by atoms with Crippen molar-refractivity contribution < 1.29 is 9.31 Å². The number of hydrogen-bond acceptors (Lipinski definition) is 4. The number of nitrogens with zero attached hydrogens (tertiary/aromatic N) is 2. The molecule has 20 heavy (non-hydrogen) atoms. The van der Waals surface area contributed by atoms with Gasteiger partial charge in [0.05, 0.1) is 4.92 Å². The molecule has 0 unspecified atom stereocenters. The number of hydrogen-bond donors (Lipinski definition) is 1. The van der Waals surface area contributed by atoms with Gasteiger partial charge in [-0.3, -0.25) is 10.1 Å². The first-order chi connectivity index (χ1) is 9.51. The minimum atomic E-state index is -0.607. The van der Waals surface area contributed by atoms with E-state index in [2.05, 4.69) is 5.32 Å². The summed E-state index contributed by atoms with van der Waals surface area (Å²) in [6.07, 6.45) is 0. The molecule has 1 N–H and O–H groups in total. The lowest BCUT2D eigenvalue weighted by Crippen LogP contribution is -1.96. The van der Waals surface area contributed by atoms with Gasteiger partial charge in [-0.25, -0.2) is 4.39 Å². The molecule has 5 nitrogen and oxygen atoms in total. The van der Waals surface area contributed by atoms with Gasteiger partial charge in [0.1, 0.15) is 17.4 Å². The molecule has 0 saturated heterocycles. The molecule has 0 spiro atoms. The maximum atomic E-state index is 13.2. The minimum Gasteiger partial charge on any atom is -0.355 e. The third-order valence-corrected chi connectivity index (χ3v) is 2.76. The minimum absolute atomic E-state index is 0.0289. The number of nitrogens with one attached hydrogen (secondary N) is 1. The Morgan fingerprint density at radius 3 is 2.50 bits per heavy atom. The Bertz CT molecular complexity index is 723. The fourth-order valence-electron chi connectivity index (χ4n) is 1.75. The highest BCUT2D eigenvalue weighted by atomic mass is 19.1. The fourth-order valence-corrected chi connectivity index (χ4v) is 1.75. The molecule has 0 aromatic heterocycles. The van der Waals surface area contributed by atoms with Crippen LogP contribution < -0.4 is 5.32 Å². The molecule has 0 radical (unpaired) electrons. The van der Waals surface area contributed by atoms with Crippen LogP contribution in [0.4, 0.5) is 21.5 Å². The van der Waals surface area contributed by atoms with Crippen LogP contribution in [0.1, 0.15) is 11.1 Å². The quantitative estimate of drug-likeness (QED) is 0.682. The lowest BCUT2D eigenvalue weighted by Gasteiger charge is -2.08. The van der Waals surface area contributed by atoms with E-state index in [1.54, 1.807) is 25.1 Å². The Morgan fingerprint density at radius 1 is 1.25 bits per heavy atom. The lowest BCUT2D eigenvalue weighted by atomic mass is 10.1. The number of rotatable bonds is 3. The molecule has 2 aromatic carbocycles. The van der Waals surface area contributed by atoms with Crippen LogP contribution in [0, 0.1) is 34.2 Å². The van der Waals surface area contributed by atoms with E-state index in [1.807, 2.05) is 0 Å². The monoisotopic (exact) mass is 271 g/mol. The van der Waals surface area contributed by atoms with Crippen LogP contribution in [0.2, 0.25) is 0 Å². The molecule has 0 atom stereocenters. The van der Waals surface area contributed by atoms with Gasteiger partial charge in [0.25, 0.3) is 5.69 Å². The van der Waals surface area contributed by atoms with Crippen molar-refractivity contribution in [2.24, 2.45) is 0 Å². The number of nitro benzene ring substituents is 1. The molecule has 0 bridgehead atoms. The zero-order chi connectivity index (χ0) is 14.7. The maximum absolute atomic E-state index is 13.2. The predicted molar refractivity (Wildman–Crippen MR) is 72.2 cm³/mol. The second-order valence-electron chi connectivity index (χ2n) is 4.19. The summed E-state index contributed by atoms with van der Waals surface area (Å²) in [5, 5.41) is 22.6. The Hall–Kier alpha value is -2.94. The first kappa shape index (κ1) is 13.5. The third kappa shape index (κ3) is 2.72. The molecular formula is C14H10FN3O2.